The lowest BCUT2D eigenvalue weighted by molar-refractivity contribution is 0.0935. The molecule has 0 bridgehead atoms. The average molecular weight is 272 g/mol. The lowest BCUT2D eigenvalue weighted by atomic mass is 10.1. The Morgan fingerprint density at radius 3 is 2.89 bits per heavy atom. The molecule has 1 unspecified atom stereocenters. The highest BCUT2D eigenvalue weighted by atomic mass is 35.5. The highest BCUT2D eigenvalue weighted by Crippen LogP contribution is 2.19. The van der Waals surface area contributed by atoms with E-state index in [4.69, 9.17) is 22.2 Å². The van der Waals surface area contributed by atoms with Gasteiger partial charge in [-0.05, 0) is 24.1 Å². The van der Waals surface area contributed by atoms with Crippen LogP contribution in [0.3, 0.4) is 0 Å². The molecule has 0 fully saturated rings. The van der Waals surface area contributed by atoms with Crippen LogP contribution in [-0.4, -0.2) is 26.2 Å². The van der Waals surface area contributed by atoms with E-state index in [1.807, 2.05) is 6.92 Å². The summed E-state index contributed by atoms with van der Waals surface area (Å²) < 4.78 is 5.00. The number of hydrazine groups is 1. The number of rotatable bonds is 6. The van der Waals surface area contributed by atoms with Crippen molar-refractivity contribution in [1.29, 1.82) is 0 Å². The van der Waals surface area contributed by atoms with Gasteiger partial charge in [0.2, 0.25) is 0 Å². The Bertz CT molecular complexity index is 412. The van der Waals surface area contributed by atoms with Crippen LogP contribution in [-0.2, 0) is 4.74 Å². The van der Waals surface area contributed by atoms with Gasteiger partial charge in [0.05, 0.1) is 17.9 Å². The predicted molar refractivity (Wildman–Crippen MR) is 72.6 cm³/mol. The van der Waals surface area contributed by atoms with Gasteiger partial charge in [-0.15, -0.1) is 0 Å². The second-order valence-corrected chi connectivity index (χ2v) is 4.54. The lowest BCUT2D eigenvalue weighted by Crippen LogP contribution is -2.30. The molecule has 1 rings (SSSR count). The molecule has 5 nitrogen and oxygen atoms in total. The first-order valence-corrected chi connectivity index (χ1v) is 5.99. The van der Waals surface area contributed by atoms with Gasteiger partial charge in [0, 0.05) is 18.7 Å². The number of hydrogen-bond donors (Lipinski definition) is 3. The number of ether oxygens (including phenoxy) is 1. The molecule has 0 aromatic heterocycles. The van der Waals surface area contributed by atoms with E-state index < -0.39 is 0 Å². The number of benzene rings is 1. The van der Waals surface area contributed by atoms with Crippen molar-refractivity contribution in [2.75, 3.05) is 25.7 Å². The number of amides is 1. The highest BCUT2D eigenvalue weighted by Gasteiger charge is 2.12. The average Bonchev–Trinajstić information content (AvgIpc) is 2.36. The molecule has 0 radical (unpaired) electrons. The van der Waals surface area contributed by atoms with Crippen molar-refractivity contribution >= 4 is 23.2 Å². The van der Waals surface area contributed by atoms with Gasteiger partial charge in [-0.25, -0.2) is 0 Å². The highest BCUT2D eigenvalue weighted by molar-refractivity contribution is 6.31. The third-order valence-corrected chi connectivity index (χ3v) is 2.68. The number of hydrogen-bond acceptors (Lipinski definition) is 4. The monoisotopic (exact) mass is 271 g/mol. The van der Waals surface area contributed by atoms with Crippen LogP contribution in [0, 0.1) is 5.92 Å². The number of carbonyl (C=O) groups is 1. The molecule has 0 aliphatic carbocycles. The Balaban J connectivity index is 2.68. The minimum Gasteiger partial charge on any atom is -0.384 e. The summed E-state index contributed by atoms with van der Waals surface area (Å²) in [6, 6.07) is 4.91. The number of nitrogens with two attached hydrogens (primary N) is 1. The molecule has 100 valence electrons. The zero-order chi connectivity index (χ0) is 13.5. The van der Waals surface area contributed by atoms with Crippen LogP contribution in [0.25, 0.3) is 0 Å². The first kappa shape index (κ1) is 14.8. The third-order valence-electron chi connectivity index (χ3n) is 2.44. The van der Waals surface area contributed by atoms with Crippen molar-refractivity contribution < 1.29 is 9.53 Å². The molecule has 4 N–H and O–H groups in total. The van der Waals surface area contributed by atoms with Crippen LogP contribution in [0.4, 0.5) is 5.69 Å². The quantitative estimate of drug-likeness (QED) is 0.543. The molecule has 1 aromatic carbocycles. The topological polar surface area (TPSA) is 76.4 Å². The van der Waals surface area contributed by atoms with Crippen LogP contribution in [0.15, 0.2) is 18.2 Å². The summed E-state index contributed by atoms with van der Waals surface area (Å²) in [5.41, 5.74) is 3.44. The summed E-state index contributed by atoms with van der Waals surface area (Å²) in [6.07, 6.45) is 0. The molecular weight excluding hydrogens is 254 g/mol. The largest absolute Gasteiger partial charge is 0.384 e. The second kappa shape index (κ2) is 7.20. The SMILES string of the molecule is COCC(C)CNC(=O)c1cc(Cl)ccc1NN. The van der Waals surface area contributed by atoms with E-state index in [-0.39, 0.29) is 11.8 Å². The van der Waals surface area contributed by atoms with Crippen molar-refractivity contribution in [1.82, 2.24) is 5.32 Å². The van der Waals surface area contributed by atoms with Crippen molar-refractivity contribution in [3.63, 3.8) is 0 Å². The van der Waals surface area contributed by atoms with Gasteiger partial charge in [-0.3, -0.25) is 10.6 Å². The Kier molecular flexibility index (Phi) is 5.91. The molecule has 1 amide bonds. The van der Waals surface area contributed by atoms with E-state index >= 15 is 0 Å². The van der Waals surface area contributed by atoms with Gasteiger partial charge < -0.3 is 15.5 Å². The maximum atomic E-state index is 12.0. The summed E-state index contributed by atoms with van der Waals surface area (Å²) in [4.78, 5) is 12.0. The Morgan fingerprint density at radius 2 is 2.28 bits per heavy atom. The molecule has 0 saturated heterocycles. The van der Waals surface area contributed by atoms with Crippen molar-refractivity contribution in [3.05, 3.63) is 28.8 Å². The lowest BCUT2D eigenvalue weighted by Gasteiger charge is -2.13. The first-order chi connectivity index (χ1) is 8.58. The fourth-order valence-corrected chi connectivity index (χ4v) is 1.71. The van der Waals surface area contributed by atoms with Gasteiger partial charge in [0.1, 0.15) is 0 Å². The number of nitrogens with one attached hydrogen (secondary N) is 2. The summed E-state index contributed by atoms with van der Waals surface area (Å²) in [7, 11) is 1.63. The van der Waals surface area contributed by atoms with Crippen LogP contribution >= 0.6 is 11.6 Å². The van der Waals surface area contributed by atoms with E-state index in [1.165, 1.54) is 0 Å². The molecule has 1 atom stereocenters. The number of halogens is 1. The number of carbonyl (C=O) groups excluding carboxylic acids is 1. The van der Waals surface area contributed by atoms with Crippen LogP contribution in [0.1, 0.15) is 17.3 Å². The molecule has 6 heteroatoms. The van der Waals surface area contributed by atoms with Crippen LogP contribution < -0.4 is 16.6 Å². The second-order valence-electron chi connectivity index (χ2n) is 4.10. The number of methoxy groups -OCH3 is 1. The molecule has 0 spiro atoms. The Hall–Kier alpha value is -1.30. The predicted octanol–water partition coefficient (Wildman–Crippen LogP) is 1.64. The van der Waals surface area contributed by atoms with Crippen molar-refractivity contribution in [3.8, 4) is 0 Å². The van der Waals surface area contributed by atoms with E-state index in [2.05, 4.69) is 10.7 Å². The molecule has 18 heavy (non-hydrogen) atoms. The Morgan fingerprint density at radius 1 is 1.56 bits per heavy atom. The smallest absolute Gasteiger partial charge is 0.253 e. The summed E-state index contributed by atoms with van der Waals surface area (Å²) in [5, 5.41) is 3.30. The van der Waals surface area contributed by atoms with E-state index in [0.29, 0.717) is 29.4 Å². The molecule has 0 saturated carbocycles. The van der Waals surface area contributed by atoms with E-state index in [1.54, 1.807) is 25.3 Å². The third kappa shape index (κ3) is 4.18. The molecule has 0 aliphatic heterocycles. The van der Waals surface area contributed by atoms with Crippen LogP contribution in [0.2, 0.25) is 5.02 Å². The first-order valence-electron chi connectivity index (χ1n) is 5.61. The van der Waals surface area contributed by atoms with Gasteiger partial charge in [0.25, 0.3) is 5.91 Å². The number of nitrogen functional groups attached to an aromatic ring is 1. The molecule has 0 heterocycles. The Labute approximate surface area is 112 Å². The van der Waals surface area contributed by atoms with Gasteiger partial charge in [-0.1, -0.05) is 18.5 Å². The molecule has 1 aromatic rings. The van der Waals surface area contributed by atoms with E-state index in [0.717, 1.165) is 0 Å². The summed E-state index contributed by atoms with van der Waals surface area (Å²) >= 11 is 5.86. The zero-order valence-corrected chi connectivity index (χ0v) is 11.3. The maximum absolute atomic E-state index is 12.0. The normalized spacial score (nSPS) is 12.0. The van der Waals surface area contributed by atoms with Gasteiger partial charge >= 0.3 is 0 Å². The minimum atomic E-state index is -0.214. The molecular formula is C12H18ClN3O2. The molecule has 0 aliphatic rings. The summed E-state index contributed by atoms with van der Waals surface area (Å²) in [5.74, 6) is 5.38. The van der Waals surface area contributed by atoms with Gasteiger partial charge in [-0.2, -0.15) is 0 Å². The zero-order valence-electron chi connectivity index (χ0n) is 10.5. The minimum absolute atomic E-state index is 0.214. The van der Waals surface area contributed by atoms with E-state index in [9.17, 15) is 4.79 Å². The van der Waals surface area contributed by atoms with Crippen molar-refractivity contribution in [2.45, 2.75) is 6.92 Å². The fraction of sp³-hybridized carbons (Fsp3) is 0.417. The number of anilines is 1. The fourth-order valence-electron chi connectivity index (χ4n) is 1.54. The maximum Gasteiger partial charge on any atom is 0.253 e. The standard InChI is InChI=1S/C12H18ClN3O2/c1-8(7-18-2)6-15-12(17)10-5-9(13)3-4-11(10)16-14/h3-5,8,16H,6-7,14H2,1-2H3,(H,15,17). The van der Waals surface area contributed by atoms with Gasteiger partial charge in [0.15, 0.2) is 0 Å². The van der Waals surface area contributed by atoms with Crippen molar-refractivity contribution in [2.24, 2.45) is 11.8 Å². The summed E-state index contributed by atoms with van der Waals surface area (Å²) in [6.45, 7) is 3.12. The van der Waals surface area contributed by atoms with Crippen LogP contribution in [0.5, 0.6) is 0 Å².